The molecule has 122 valence electrons. The Hall–Kier alpha value is -1.80. The number of nitro benzene ring substituents is 1. The molecule has 1 unspecified atom stereocenters. The predicted molar refractivity (Wildman–Crippen MR) is 75.0 cm³/mol. The number of benzene rings is 1. The van der Waals surface area contributed by atoms with E-state index in [1.807, 2.05) is 0 Å². The van der Waals surface area contributed by atoms with Gasteiger partial charge >= 0.3 is 6.61 Å². The molecule has 0 saturated carbocycles. The van der Waals surface area contributed by atoms with Crippen molar-refractivity contribution in [1.82, 2.24) is 5.32 Å². The van der Waals surface area contributed by atoms with Gasteiger partial charge in [0.1, 0.15) is 5.75 Å². The van der Waals surface area contributed by atoms with E-state index in [2.05, 4.69) is 10.1 Å². The van der Waals surface area contributed by atoms with E-state index in [1.54, 1.807) is 0 Å². The van der Waals surface area contributed by atoms with E-state index in [4.69, 9.17) is 4.74 Å². The number of halogens is 2. The Balaban J connectivity index is 1.99. The summed E-state index contributed by atoms with van der Waals surface area (Å²) in [4.78, 5) is 10.2. The van der Waals surface area contributed by atoms with Gasteiger partial charge in [0.25, 0.3) is 5.69 Å². The lowest BCUT2D eigenvalue weighted by Crippen LogP contribution is -2.29. The highest BCUT2D eigenvalue weighted by Gasteiger charge is 2.16. The van der Waals surface area contributed by atoms with Gasteiger partial charge in [0, 0.05) is 37.4 Å². The SMILES string of the molecule is O=[N+]([O-])c1ccc(OC(F)F)c(CNCC2CCCOC2)c1. The van der Waals surface area contributed by atoms with Crippen LogP contribution in [0.1, 0.15) is 18.4 Å². The number of rotatable bonds is 7. The zero-order valence-electron chi connectivity index (χ0n) is 12.0. The molecular formula is C14H18F2N2O4. The van der Waals surface area contributed by atoms with Crippen molar-refractivity contribution in [1.29, 1.82) is 0 Å². The molecule has 6 nitrogen and oxygen atoms in total. The summed E-state index contributed by atoms with van der Waals surface area (Å²) < 4.78 is 34.5. The van der Waals surface area contributed by atoms with Gasteiger partial charge in [-0.1, -0.05) is 0 Å². The van der Waals surface area contributed by atoms with Crippen molar-refractivity contribution in [2.45, 2.75) is 26.0 Å². The molecule has 1 atom stereocenters. The van der Waals surface area contributed by atoms with Crippen molar-refractivity contribution in [2.75, 3.05) is 19.8 Å². The largest absolute Gasteiger partial charge is 0.434 e. The maximum Gasteiger partial charge on any atom is 0.387 e. The van der Waals surface area contributed by atoms with Crippen LogP contribution in [0.15, 0.2) is 18.2 Å². The monoisotopic (exact) mass is 316 g/mol. The number of ether oxygens (including phenoxy) is 2. The van der Waals surface area contributed by atoms with Crippen LogP contribution >= 0.6 is 0 Å². The Bertz CT molecular complexity index is 508. The number of alkyl halides is 2. The van der Waals surface area contributed by atoms with Crippen LogP contribution in [0.3, 0.4) is 0 Å². The topological polar surface area (TPSA) is 73.6 Å². The highest BCUT2D eigenvalue weighted by Crippen LogP contribution is 2.25. The minimum absolute atomic E-state index is 0.0482. The quantitative estimate of drug-likeness (QED) is 0.618. The van der Waals surface area contributed by atoms with E-state index in [0.717, 1.165) is 25.5 Å². The summed E-state index contributed by atoms with van der Waals surface area (Å²) in [6, 6.07) is 3.60. The highest BCUT2D eigenvalue weighted by atomic mass is 19.3. The summed E-state index contributed by atoms with van der Waals surface area (Å²) in [5.41, 5.74) is 0.186. The maximum atomic E-state index is 12.4. The molecule has 0 spiro atoms. The summed E-state index contributed by atoms with van der Waals surface area (Å²) in [6.07, 6.45) is 2.05. The minimum atomic E-state index is -2.97. The van der Waals surface area contributed by atoms with E-state index in [1.165, 1.54) is 12.1 Å². The van der Waals surface area contributed by atoms with E-state index in [9.17, 15) is 18.9 Å². The second-order valence-electron chi connectivity index (χ2n) is 5.14. The van der Waals surface area contributed by atoms with Crippen LogP contribution in [0.5, 0.6) is 5.75 Å². The third-order valence-corrected chi connectivity index (χ3v) is 3.47. The van der Waals surface area contributed by atoms with Crippen LogP contribution in [0, 0.1) is 16.0 Å². The van der Waals surface area contributed by atoms with Crippen molar-refractivity contribution in [3.63, 3.8) is 0 Å². The summed E-state index contributed by atoms with van der Waals surface area (Å²) in [6.45, 7) is -0.639. The molecule has 1 N–H and O–H groups in total. The van der Waals surface area contributed by atoms with Crippen LogP contribution in [-0.2, 0) is 11.3 Å². The van der Waals surface area contributed by atoms with Crippen LogP contribution in [0.4, 0.5) is 14.5 Å². The fourth-order valence-electron chi connectivity index (χ4n) is 2.41. The number of nitrogens with one attached hydrogen (secondary N) is 1. The second kappa shape index (κ2) is 8.00. The zero-order valence-corrected chi connectivity index (χ0v) is 12.0. The van der Waals surface area contributed by atoms with Crippen molar-refractivity contribution < 1.29 is 23.2 Å². The van der Waals surface area contributed by atoms with Gasteiger partial charge in [0.05, 0.1) is 11.5 Å². The van der Waals surface area contributed by atoms with Crippen LogP contribution in [0.25, 0.3) is 0 Å². The predicted octanol–water partition coefficient (Wildman–Crippen LogP) is 2.71. The number of hydrogen-bond acceptors (Lipinski definition) is 5. The van der Waals surface area contributed by atoms with Gasteiger partial charge in [0.15, 0.2) is 0 Å². The van der Waals surface area contributed by atoms with Gasteiger partial charge in [0.2, 0.25) is 0 Å². The fraction of sp³-hybridized carbons (Fsp3) is 0.571. The van der Waals surface area contributed by atoms with Gasteiger partial charge in [-0.2, -0.15) is 8.78 Å². The number of non-ortho nitro benzene ring substituents is 1. The van der Waals surface area contributed by atoms with E-state index >= 15 is 0 Å². The van der Waals surface area contributed by atoms with Crippen molar-refractivity contribution >= 4 is 5.69 Å². The van der Waals surface area contributed by atoms with Crippen molar-refractivity contribution in [2.24, 2.45) is 5.92 Å². The maximum absolute atomic E-state index is 12.4. The summed E-state index contributed by atoms with van der Waals surface area (Å²) in [5, 5.41) is 13.9. The standard InChI is InChI=1S/C14H18F2N2O4/c15-14(16)22-13-4-3-12(18(19)20)6-11(13)8-17-7-10-2-1-5-21-9-10/h3-4,6,10,14,17H,1-2,5,7-9H2. The number of nitro groups is 1. The van der Waals surface area contributed by atoms with Crippen LogP contribution < -0.4 is 10.1 Å². The minimum Gasteiger partial charge on any atom is -0.434 e. The molecule has 0 radical (unpaired) electrons. The number of hydrogen-bond donors (Lipinski definition) is 1. The fourth-order valence-corrected chi connectivity index (χ4v) is 2.41. The molecule has 1 aromatic carbocycles. The van der Waals surface area contributed by atoms with Crippen LogP contribution in [0.2, 0.25) is 0 Å². The molecular weight excluding hydrogens is 298 g/mol. The molecule has 22 heavy (non-hydrogen) atoms. The van der Waals surface area contributed by atoms with Gasteiger partial charge in [-0.3, -0.25) is 10.1 Å². The van der Waals surface area contributed by atoms with Crippen LogP contribution in [-0.4, -0.2) is 31.3 Å². The molecule has 0 aliphatic carbocycles. The lowest BCUT2D eigenvalue weighted by molar-refractivity contribution is -0.385. The van der Waals surface area contributed by atoms with E-state index < -0.39 is 11.5 Å². The molecule has 1 fully saturated rings. The Morgan fingerprint density at radius 3 is 2.95 bits per heavy atom. The third-order valence-electron chi connectivity index (χ3n) is 3.47. The van der Waals surface area contributed by atoms with Gasteiger partial charge in [-0.05, 0) is 24.8 Å². The first-order valence-electron chi connectivity index (χ1n) is 7.07. The highest BCUT2D eigenvalue weighted by molar-refractivity contribution is 5.43. The smallest absolute Gasteiger partial charge is 0.387 e. The number of nitrogens with zero attached hydrogens (tertiary/aromatic N) is 1. The summed E-state index contributed by atoms with van der Waals surface area (Å²) in [7, 11) is 0. The van der Waals surface area contributed by atoms with E-state index in [-0.39, 0.29) is 18.0 Å². The molecule has 2 rings (SSSR count). The van der Waals surface area contributed by atoms with Gasteiger partial charge < -0.3 is 14.8 Å². The first-order chi connectivity index (χ1) is 10.6. The molecule has 1 aliphatic rings. The third kappa shape index (κ3) is 4.88. The second-order valence-corrected chi connectivity index (χ2v) is 5.14. The van der Waals surface area contributed by atoms with Gasteiger partial charge in [-0.25, -0.2) is 0 Å². The van der Waals surface area contributed by atoms with Crippen molar-refractivity contribution in [3.8, 4) is 5.75 Å². The summed E-state index contributed by atoms with van der Waals surface area (Å²) >= 11 is 0. The average Bonchev–Trinajstić information content (AvgIpc) is 2.49. The summed E-state index contributed by atoms with van der Waals surface area (Å²) in [5.74, 6) is 0.319. The lowest BCUT2D eigenvalue weighted by atomic mass is 10.0. The lowest BCUT2D eigenvalue weighted by Gasteiger charge is -2.22. The first kappa shape index (κ1) is 16.6. The van der Waals surface area contributed by atoms with Gasteiger partial charge in [-0.15, -0.1) is 0 Å². The molecule has 1 aromatic rings. The molecule has 1 aliphatic heterocycles. The normalized spacial score (nSPS) is 18.4. The Morgan fingerprint density at radius 1 is 1.50 bits per heavy atom. The zero-order chi connectivity index (χ0) is 15.9. The molecule has 0 bridgehead atoms. The Kier molecular flexibility index (Phi) is 6.02. The molecule has 0 aromatic heterocycles. The Labute approximate surface area is 126 Å². The van der Waals surface area contributed by atoms with E-state index in [0.29, 0.717) is 24.6 Å². The first-order valence-corrected chi connectivity index (χ1v) is 7.07. The molecule has 1 heterocycles. The van der Waals surface area contributed by atoms with Crippen molar-refractivity contribution in [3.05, 3.63) is 33.9 Å². The molecule has 8 heteroatoms. The average molecular weight is 316 g/mol. The molecule has 0 amide bonds. The Morgan fingerprint density at radius 2 is 2.32 bits per heavy atom. The molecule has 1 saturated heterocycles.